The van der Waals surface area contributed by atoms with E-state index in [1.807, 2.05) is 49.4 Å². The minimum atomic E-state index is -0.425. The molecule has 0 bridgehead atoms. The minimum Gasteiger partial charge on any atom is -0.382 e. The summed E-state index contributed by atoms with van der Waals surface area (Å²) in [6, 6.07) is 14.4. The Hall–Kier alpha value is -2.57. The van der Waals surface area contributed by atoms with Crippen LogP contribution in [0.5, 0.6) is 0 Å². The molecule has 1 aliphatic rings. The molecule has 154 valence electrons. The van der Waals surface area contributed by atoms with Gasteiger partial charge in [-0.3, -0.25) is 4.79 Å². The first-order valence-corrected chi connectivity index (χ1v) is 10.1. The van der Waals surface area contributed by atoms with Crippen molar-refractivity contribution in [2.75, 3.05) is 38.3 Å². The van der Waals surface area contributed by atoms with Gasteiger partial charge < -0.3 is 19.9 Å². The fraction of sp³-hybridized carbons (Fsp3) is 0.364. The molecule has 29 heavy (non-hydrogen) atoms. The van der Waals surface area contributed by atoms with E-state index in [0.29, 0.717) is 31.2 Å². The smallest absolute Gasteiger partial charge is 0.318 e. The number of anilines is 1. The highest BCUT2D eigenvalue weighted by Crippen LogP contribution is 2.38. The zero-order valence-corrected chi connectivity index (χ0v) is 17.5. The summed E-state index contributed by atoms with van der Waals surface area (Å²) in [7, 11) is 1.72. The lowest BCUT2D eigenvalue weighted by Crippen LogP contribution is -2.46. The SMILES string of the molecule is CCOCCCNC(=O)N1CC(=O)N(C)c2ccc(Cl)cc2C1c1ccccc1. The average molecular weight is 416 g/mol. The van der Waals surface area contributed by atoms with Crippen LogP contribution in [0.4, 0.5) is 10.5 Å². The highest BCUT2D eigenvalue weighted by molar-refractivity contribution is 6.30. The first-order chi connectivity index (χ1) is 14.0. The second-order valence-electron chi connectivity index (χ2n) is 6.88. The third-order valence-corrected chi connectivity index (χ3v) is 5.19. The Morgan fingerprint density at radius 1 is 1.24 bits per heavy atom. The Morgan fingerprint density at radius 2 is 2.00 bits per heavy atom. The van der Waals surface area contributed by atoms with Crippen LogP contribution in [0.15, 0.2) is 48.5 Å². The molecule has 7 heteroatoms. The number of nitrogens with zero attached hydrogens (tertiary/aromatic N) is 2. The lowest BCUT2D eigenvalue weighted by molar-refractivity contribution is -0.118. The molecule has 1 unspecified atom stereocenters. The number of likely N-dealkylation sites (N-methyl/N-ethyl adjacent to an activating group) is 1. The Labute approximate surface area is 176 Å². The van der Waals surface area contributed by atoms with Gasteiger partial charge in [-0.15, -0.1) is 0 Å². The van der Waals surface area contributed by atoms with Crippen LogP contribution in [0.25, 0.3) is 0 Å². The van der Waals surface area contributed by atoms with Gasteiger partial charge in [-0.25, -0.2) is 4.79 Å². The van der Waals surface area contributed by atoms with Gasteiger partial charge in [0.1, 0.15) is 6.54 Å². The predicted molar refractivity (Wildman–Crippen MR) is 114 cm³/mol. The number of nitrogens with one attached hydrogen (secondary N) is 1. The molecular weight excluding hydrogens is 390 g/mol. The van der Waals surface area contributed by atoms with Crippen LogP contribution in [0, 0.1) is 0 Å². The van der Waals surface area contributed by atoms with E-state index in [9.17, 15) is 9.59 Å². The molecule has 1 aliphatic heterocycles. The summed E-state index contributed by atoms with van der Waals surface area (Å²) in [5.74, 6) is -0.156. The van der Waals surface area contributed by atoms with Gasteiger partial charge in [0.15, 0.2) is 0 Å². The number of halogens is 1. The topological polar surface area (TPSA) is 61.9 Å². The summed E-state index contributed by atoms with van der Waals surface area (Å²) < 4.78 is 5.32. The molecule has 1 atom stereocenters. The zero-order chi connectivity index (χ0) is 20.8. The number of carbonyl (C=O) groups is 2. The number of amides is 3. The van der Waals surface area contributed by atoms with E-state index >= 15 is 0 Å². The van der Waals surface area contributed by atoms with Gasteiger partial charge in [0.2, 0.25) is 5.91 Å². The van der Waals surface area contributed by atoms with Crippen LogP contribution in [0.2, 0.25) is 5.02 Å². The number of ether oxygens (including phenoxy) is 1. The van der Waals surface area contributed by atoms with E-state index in [0.717, 1.165) is 16.8 Å². The molecule has 3 amide bonds. The highest BCUT2D eigenvalue weighted by Gasteiger charge is 2.35. The van der Waals surface area contributed by atoms with Crippen molar-refractivity contribution in [3.63, 3.8) is 0 Å². The molecule has 3 rings (SSSR count). The van der Waals surface area contributed by atoms with Crippen LogP contribution in [0.3, 0.4) is 0 Å². The fourth-order valence-electron chi connectivity index (χ4n) is 3.49. The number of hydrogen-bond donors (Lipinski definition) is 1. The second-order valence-corrected chi connectivity index (χ2v) is 7.32. The molecule has 1 heterocycles. The molecule has 2 aromatic rings. The number of urea groups is 1. The Kier molecular flexibility index (Phi) is 7.12. The van der Waals surface area contributed by atoms with Crippen LogP contribution >= 0.6 is 11.6 Å². The maximum absolute atomic E-state index is 13.1. The van der Waals surface area contributed by atoms with Gasteiger partial charge in [0.05, 0.1) is 6.04 Å². The van der Waals surface area contributed by atoms with Crippen molar-refractivity contribution in [1.29, 1.82) is 0 Å². The molecule has 2 aromatic carbocycles. The molecule has 6 nitrogen and oxygen atoms in total. The van der Waals surface area contributed by atoms with Crippen molar-refractivity contribution in [1.82, 2.24) is 10.2 Å². The Balaban J connectivity index is 1.97. The summed E-state index contributed by atoms with van der Waals surface area (Å²) in [6.45, 7) is 3.61. The maximum Gasteiger partial charge on any atom is 0.318 e. The van der Waals surface area contributed by atoms with Crippen LogP contribution < -0.4 is 10.2 Å². The lowest BCUT2D eigenvalue weighted by Gasteiger charge is -2.30. The maximum atomic E-state index is 13.1. The summed E-state index contributed by atoms with van der Waals surface area (Å²) >= 11 is 6.29. The molecule has 0 aliphatic carbocycles. The quantitative estimate of drug-likeness (QED) is 0.729. The summed E-state index contributed by atoms with van der Waals surface area (Å²) in [6.07, 6.45) is 0.708. The van der Waals surface area contributed by atoms with Crippen molar-refractivity contribution < 1.29 is 14.3 Å². The molecule has 0 spiro atoms. The number of rotatable bonds is 6. The van der Waals surface area contributed by atoms with Gasteiger partial charge in [0, 0.05) is 43.1 Å². The number of benzene rings is 2. The minimum absolute atomic E-state index is 0.0281. The number of hydrogen-bond acceptors (Lipinski definition) is 3. The number of fused-ring (bicyclic) bond motifs is 1. The zero-order valence-electron chi connectivity index (χ0n) is 16.7. The summed E-state index contributed by atoms with van der Waals surface area (Å²) in [5, 5.41) is 3.48. The van der Waals surface area contributed by atoms with Gasteiger partial charge in [-0.05, 0) is 37.1 Å². The largest absolute Gasteiger partial charge is 0.382 e. The highest BCUT2D eigenvalue weighted by atomic mass is 35.5. The molecule has 0 radical (unpaired) electrons. The van der Waals surface area contributed by atoms with E-state index < -0.39 is 6.04 Å². The van der Waals surface area contributed by atoms with Gasteiger partial charge in [0.25, 0.3) is 0 Å². The predicted octanol–water partition coefficient (Wildman–Crippen LogP) is 3.84. The Bertz CT molecular complexity index is 860. The molecular formula is C22H26ClN3O3. The summed E-state index contributed by atoms with van der Waals surface area (Å²) in [4.78, 5) is 29.1. The standard InChI is InChI=1S/C22H26ClN3O3/c1-3-29-13-7-12-24-22(28)26-15-20(27)25(2)19-11-10-17(23)14-18(19)21(26)16-8-5-4-6-9-16/h4-6,8-11,14,21H,3,7,12-13,15H2,1-2H3,(H,24,28). The van der Waals surface area contributed by atoms with E-state index in [4.69, 9.17) is 16.3 Å². The van der Waals surface area contributed by atoms with E-state index in [2.05, 4.69) is 5.32 Å². The van der Waals surface area contributed by atoms with Crippen LogP contribution in [-0.4, -0.2) is 50.2 Å². The molecule has 1 N–H and O–H groups in total. The van der Waals surface area contributed by atoms with Crippen molar-refractivity contribution >= 4 is 29.2 Å². The lowest BCUT2D eigenvalue weighted by atomic mass is 9.96. The summed E-state index contributed by atoms with van der Waals surface area (Å²) in [5.41, 5.74) is 2.49. The molecule has 0 saturated carbocycles. The van der Waals surface area contributed by atoms with E-state index in [1.165, 1.54) is 0 Å². The van der Waals surface area contributed by atoms with Gasteiger partial charge >= 0.3 is 6.03 Å². The van der Waals surface area contributed by atoms with Crippen molar-refractivity contribution in [3.8, 4) is 0 Å². The first-order valence-electron chi connectivity index (χ1n) is 9.76. The average Bonchev–Trinajstić information content (AvgIpc) is 2.83. The fourth-order valence-corrected chi connectivity index (χ4v) is 3.68. The van der Waals surface area contributed by atoms with Crippen LogP contribution in [0.1, 0.15) is 30.5 Å². The normalized spacial score (nSPS) is 16.4. The third kappa shape index (κ3) is 4.89. The second kappa shape index (κ2) is 9.76. The number of carbonyl (C=O) groups excluding carboxylic acids is 2. The Morgan fingerprint density at radius 3 is 2.72 bits per heavy atom. The molecule has 0 saturated heterocycles. The molecule has 0 aromatic heterocycles. The monoisotopic (exact) mass is 415 g/mol. The first kappa shape index (κ1) is 21.1. The molecule has 0 fully saturated rings. The third-order valence-electron chi connectivity index (χ3n) is 4.96. The van der Waals surface area contributed by atoms with Crippen LogP contribution in [-0.2, 0) is 9.53 Å². The van der Waals surface area contributed by atoms with Crippen molar-refractivity contribution in [3.05, 3.63) is 64.7 Å². The van der Waals surface area contributed by atoms with Gasteiger partial charge in [-0.2, -0.15) is 0 Å². The van der Waals surface area contributed by atoms with E-state index in [-0.39, 0.29) is 18.5 Å². The van der Waals surface area contributed by atoms with Gasteiger partial charge in [-0.1, -0.05) is 41.9 Å². The van der Waals surface area contributed by atoms with E-state index in [1.54, 1.807) is 22.9 Å². The van der Waals surface area contributed by atoms with Crippen molar-refractivity contribution in [2.45, 2.75) is 19.4 Å². The van der Waals surface area contributed by atoms with Crippen molar-refractivity contribution in [2.24, 2.45) is 0 Å².